The molecule has 0 aliphatic heterocycles. The van der Waals surface area contributed by atoms with E-state index >= 15 is 0 Å². The Labute approximate surface area is 184 Å². The number of nitrogens with zero attached hydrogens (tertiary/aromatic N) is 2. The van der Waals surface area contributed by atoms with Gasteiger partial charge in [-0.1, -0.05) is 48.5 Å². The number of aryl methyl sites for hydroxylation is 1. The fraction of sp³-hybridized carbons (Fsp3) is 0.125. The molecule has 32 heavy (non-hydrogen) atoms. The van der Waals surface area contributed by atoms with Crippen LogP contribution in [-0.2, 0) is 6.61 Å². The average molecular weight is 431 g/mol. The Bertz CT molecular complexity index is 1200. The van der Waals surface area contributed by atoms with Crippen LogP contribution in [-0.4, -0.2) is 21.2 Å². The summed E-state index contributed by atoms with van der Waals surface area (Å²) in [4.78, 5) is 17.1. The predicted molar refractivity (Wildman–Crippen MR) is 119 cm³/mol. The molecule has 1 aromatic heterocycles. The van der Waals surface area contributed by atoms with Crippen LogP contribution in [0.25, 0.3) is 0 Å². The van der Waals surface area contributed by atoms with E-state index in [4.69, 9.17) is 4.74 Å². The summed E-state index contributed by atoms with van der Waals surface area (Å²) >= 11 is 0. The summed E-state index contributed by atoms with van der Waals surface area (Å²) in [6.45, 7) is 2.02. The number of aromatic amines is 1. The van der Waals surface area contributed by atoms with Crippen LogP contribution in [0.1, 0.15) is 28.8 Å². The molecule has 8 heteroatoms. The fourth-order valence-electron chi connectivity index (χ4n) is 3.19. The number of carbonyl (C=O) groups excluding carboxylic acids is 1. The lowest BCUT2D eigenvalue weighted by Gasteiger charge is -2.17. The van der Waals surface area contributed by atoms with Gasteiger partial charge in [-0.3, -0.25) is 5.10 Å². The monoisotopic (exact) mass is 431 g/mol. The van der Waals surface area contributed by atoms with Crippen LogP contribution >= 0.6 is 0 Å². The third-order valence-electron chi connectivity index (χ3n) is 4.67. The van der Waals surface area contributed by atoms with Crippen molar-refractivity contribution in [3.8, 4) is 5.75 Å². The van der Waals surface area contributed by atoms with E-state index in [0.717, 1.165) is 5.56 Å². The molecule has 0 fully saturated rings. The molecule has 0 aliphatic rings. The van der Waals surface area contributed by atoms with Gasteiger partial charge in [-0.15, -0.1) is 0 Å². The van der Waals surface area contributed by atoms with Crippen LogP contribution in [0.2, 0.25) is 0 Å². The molecular weight excluding hydrogens is 409 g/mol. The van der Waals surface area contributed by atoms with Crippen LogP contribution in [0.5, 0.6) is 5.75 Å². The van der Waals surface area contributed by atoms with E-state index in [9.17, 15) is 9.18 Å². The highest BCUT2D eigenvalue weighted by Gasteiger charge is 2.21. The van der Waals surface area contributed by atoms with Gasteiger partial charge in [0.05, 0.1) is 0 Å². The van der Waals surface area contributed by atoms with Crippen molar-refractivity contribution in [2.75, 3.05) is 5.32 Å². The molecule has 1 unspecified atom stereocenters. The minimum atomic E-state index is -0.520. The van der Waals surface area contributed by atoms with Crippen LogP contribution in [0.15, 0.2) is 78.9 Å². The highest BCUT2D eigenvalue weighted by atomic mass is 19.1. The van der Waals surface area contributed by atoms with Crippen molar-refractivity contribution in [1.82, 2.24) is 20.5 Å². The molecule has 7 nitrogen and oxygen atoms in total. The van der Waals surface area contributed by atoms with E-state index < -0.39 is 12.1 Å². The van der Waals surface area contributed by atoms with Crippen LogP contribution in [0, 0.1) is 12.7 Å². The zero-order chi connectivity index (χ0) is 22.3. The first kappa shape index (κ1) is 21.0. The topological polar surface area (TPSA) is 91.9 Å². The van der Waals surface area contributed by atoms with Gasteiger partial charge in [0.25, 0.3) is 0 Å². The van der Waals surface area contributed by atoms with Gasteiger partial charge in [0, 0.05) is 11.8 Å². The van der Waals surface area contributed by atoms with E-state index in [1.54, 1.807) is 43.3 Å². The number of carbonyl (C=O) groups is 1. The van der Waals surface area contributed by atoms with Crippen molar-refractivity contribution in [3.63, 3.8) is 0 Å². The summed E-state index contributed by atoms with van der Waals surface area (Å²) in [7, 11) is 0. The molecule has 3 N–H and O–H groups in total. The Morgan fingerprint density at radius 2 is 1.88 bits per heavy atom. The Hall–Kier alpha value is -4.20. The first-order chi connectivity index (χ1) is 15.6. The predicted octanol–water partition coefficient (Wildman–Crippen LogP) is 4.74. The summed E-state index contributed by atoms with van der Waals surface area (Å²) in [6, 6.07) is 21.8. The maximum atomic E-state index is 13.3. The molecule has 0 saturated heterocycles. The second-order valence-electron chi connectivity index (χ2n) is 7.17. The normalized spacial score (nSPS) is 11.6. The number of H-pyrrole nitrogens is 1. The smallest absolute Gasteiger partial charge is 0.320 e. The van der Waals surface area contributed by atoms with Gasteiger partial charge in [0.1, 0.15) is 30.0 Å². The number of hydrogen-bond acceptors (Lipinski definition) is 4. The molecule has 0 aliphatic carbocycles. The minimum Gasteiger partial charge on any atom is -0.489 e. The molecule has 4 aromatic rings. The molecule has 1 heterocycles. The van der Waals surface area contributed by atoms with Crippen molar-refractivity contribution < 1.29 is 13.9 Å². The molecule has 4 rings (SSSR count). The lowest BCUT2D eigenvalue weighted by molar-refractivity contribution is 0.249. The van der Waals surface area contributed by atoms with Crippen molar-refractivity contribution >= 4 is 11.7 Å². The number of rotatable bonds is 7. The Balaban J connectivity index is 1.43. The highest BCUT2D eigenvalue weighted by molar-refractivity contribution is 5.89. The molecule has 1 atom stereocenters. The van der Waals surface area contributed by atoms with E-state index in [-0.39, 0.29) is 12.4 Å². The molecule has 0 spiro atoms. The molecular formula is C24H22FN5O2. The lowest BCUT2D eigenvalue weighted by Crippen LogP contribution is -2.33. The van der Waals surface area contributed by atoms with Gasteiger partial charge in [0.15, 0.2) is 5.82 Å². The van der Waals surface area contributed by atoms with Crippen molar-refractivity contribution in [1.29, 1.82) is 0 Å². The summed E-state index contributed by atoms with van der Waals surface area (Å²) < 4.78 is 19.1. The maximum absolute atomic E-state index is 13.3. The molecule has 0 radical (unpaired) electrons. The third-order valence-corrected chi connectivity index (χ3v) is 4.67. The summed E-state index contributed by atoms with van der Waals surface area (Å²) in [5.74, 6) is 1.37. The zero-order valence-electron chi connectivity index (χ0n) is 17.4. The number of urea groups is 1. The van der Waals surface area contributed by atoms with Crippen LogP contribution in [0.4, 0.5) is 14.9 Å². The van der Waals surface area contributed by atoms with Crippen molar-refractivity contribution in [3.05, 3.63) is 107 Å². The van der Waals surface area contributed by atoms with Crippen molar-refractivity contribution in [2.24, 2.45) is 0 Å². The number of ether oxygens (including phenoxy) is 1. The molecule has 0 saturated carbocycles. The number of amides is 2. The van der Waals surface area contributed by atoms with E-state index in [2.05, 4.69) is 25.8 Å². The van der Waals surface area contributed by atoms with E-state index in [0.29, 0.717) is 28.6 Å². The minimum absolute atomic E-state index is 0.216. The van der Waals surface area contributed by atoms with E-state index in [1.807, 2.05) is 30.3 Å². The third kappa shape index (κ3) is 5.48. The summed E-state index contributed by atoms with van der Waals surface area (Å²) in [6.07, 6.45) is 0. The number of benzene rings is 3. The second kappa shape index (κ2) is 9.74. The van der Waals surface area contributed by atoms with E-state index in [1.165, 1.54) is 12.1 Å². The Kier molecular flexibility index (Phi) is 6.41. The first-order valence-electron chi connectivity index (χ1n) is 10.1. The SMILES string of the molecule is Cc1nc(C(NC(=O)Nc2cccc(OCc3cccc(F)c3)c2)c2ccccc2)n[nH]1. The Morgan fingerprint density at radius 1 is 1.06 bits per heavy atom. The van der Waals surface area contributed by atoms with Crippen molar-refractivity contribution in [2.45, 2.75) is 19.6 Å². The second-order valence-corrected chi connectivity index (χ2v) is 7.17. The van der Waals surface area contributed by atoms with Gasteiger partial charge in [-0.05, 0) is 42.3 Å². The van der Waals surface area contributed by atoms with Gasteiger partial charge in [-0.2, -0.15) is 5.10 Å². The highest BCUT2D eigenvalue weighted by Crippen LogP contribution is 2.21. The maximum Gasteiger partial charge on any atom is 0.320 e. The number of nitrogens with one attached hydrogen (secondary N) is 3. The first-order valence-corrected chi connectivity index (χ1v) is 10.1. The standard InChI is InChI=1S/C24H22FN5O2/c1-16-26-23(30-29-16)22(18-8-3-2-4-9-18)28-24(31)27-20-11-6-12-21(14-20)32-15-17-7-5-10-19(25)13-17/h2-14,22H,15H2,1H3,(H,26,29,30)(H2,27,28,31). The molecule has 2 amide bonds. The van der Waals surface area contributed by atoms with Gasteiger partial charge < -0.3 is 15.4 Å². The number of aromatic nitrogens is 3. The number of halogens is 1. The fourth-order valence-corrected chi connectivity index (χ4v) is 3.19. The Morgan fingerprint density at radius 3 is 2.62 bits per heavy atom. The summed E-state index contributed by atoms with van der Waals surface area (Å²) in [5, 5.41) is 12.7. The quantitative estimate of drug-likeness (QED) is 0.394. The largest absolute Gasteiger partial charge is 0.489 e. The molecule has 3 aromatic carbocycles. The number of hydrogen-bond donors (Lipinski definition) is 3. The summed E-state index contributed by atoms with van der Waals surface area (Å²) in [5.41, 5.74) is 2.12. The zero-order valence-corrected chi connectivity index (χ0v) is 17.4. The average Bonchev–Trinajstić information content (AvgIpc) is 3.23. The van der Waals surface area contributed by atoms with Crippen LogP contribution < -0.4 is 15.4 Å². The van der Waals surface area contributed by atoms with Crippen LogP contribution in [0.3, 0.4) is 0 Å². The molecule has 0 bridgehead atoms. The van der Waals surface area contributed by atoms with Gasteiger partial charge in [0.2, 0.25) is 0 Å². The molecule has 162 valence electrons. The number of anilines is 1. The van der Waals surface area contributed by atoms with Gasteiger partial charge in [-0.25, -0.2) is 14.2 Å². The van der Waals surface area contributed by atoms with Gasteiger partial charge >= 0.3 is 6.03 Å². The lowest BCUT2D eigenvalue weighted by atomic mass is 10.1.